The third-order valence-electron chi connectivity index (χ3n) is 5.60. The van der Waals surface area contributed by atoms with E-state index in [4.69, 9.17) is 0 Å². The Kier molecular flexibility index (Phi) is 7.96. The van der Waals surface area contributed by atoms with E-state index in [0.29, 0.717) is 36.8 Å². The first-order chi connectivity index (χ1) is 16.1. The van der Waals surface area contributed by atoms with Crippen molar-refractivity contribution in [2.45, 2.75) is 30.5 Å². The number of piperidine rings is 1. The van der Waals surface area contributed by atoms with Gasteiger partial charge in [-0.3, -0.25) is 9.59 Å². The second-order valence-electron chi connectivity index (χ2n) is 7.85. The zero-order valence-electron chi connectivity index (χ0n) is 18.5. The van der Waals surface area contributed by atoms with Gasteiger partial charge in [0, 0.05) is 30.4 Å². The molecule has 2 N–H and O–H groups in total. The molecule has 7 nitrogen and oxygen atoms in total. The number of hydrogen-bond acceptors (Lipinski definition) is 7. The Hall–Kier alpha value is -2.91. The molecule has 1 saturated heterocycles. The average Bonchev–Trinajstić information content (AvgIpc) is 3.31. The lowest BCUT2D eigenvalue weighted by Gasteiger charge is -2.31. The van der Waals surface area contributed by atoms with E-state index in [1.54, 1.807) is 0 Å². The molecule has 0 aliphatic carbocycles. The number of para-hydroxylation sites is 1. The number of nitrogens with zero attached hydrogens (tertiary/aromatic N) is 3. The zero-order chi connectivity index (χ0) is 23.0. The standard InChI is InChI=1S/C24H27N5O2S2/c1-2-17-8-10-20(11-9-17)26-23-27-28-24(33-23)32-16-21(30)29-14-12-18(13-15-29)22(31)25-19-6-4-3-5-7-19/h3-11,18H,2,12-16H2,1H3,(H,25,31)(H,26,27). The Morgan fingerprint density at radius 1 is 1.03 bits per heavy atom. The number of carbonyl (C=O) groups is 2. The van der Waals surface area contributed by atoms with E-state index in [1.807, 2.05) is 47.4 Å². The van der Waals surface area contributed by atoms with Crippen molar-refractivity contribution >= 4 is 51.4 Å². The summed E-state index contributed by atoms with van der Waals surface area (Å²) >= 11 is 2.84. The van der Waals surface area contributed by atoms with Crippen molar-refractivity contribution in [1.29, 1.82) is 0 Å². The summed E-state index contributed by atoms with van der Waals surface area (Å²) in [5, 5.41) is 15.3. The molecule has 2 aromatic carbocycles. The van der Waals surface area contributed by atoms with Gasteiger partial charge in [0.25, 0.3) is 0 Å². The lowest BCUT2D eigenvalue weighted by molar-refractivity contribution is -0.132. The zero-order valence-corrected chi connectivity index (χ0v) is 20.1. The molecule has 2 amide bonds. The summed E-state index contributed by atoms with van der Waals surface area (Å²) in [6.07, 6.45) is 2.37. The van der Waals surface area contributed by atoms with Gasteiger partial charge < -0.3 is 15.5 Å². The monoisotopic (exact) mass is 481 g/mol. The maximum atomic E-state index is 12.6. The highest BCUT2D eigenvalue weighted by molar-refractivity contribution is 8.01. The van der Waals surface area contributed by atoms with E-state index in [9.17, 15) is 9.59 Å². The summed E-state index contributed by atoms with van der Waals surface area (Å²) in [6.45, 7) is 3.33. The fraction of sp³-hybridized carbons (Fsp3) is 0.333. The fourth-order valence-electron chi connectivity index (χ4n) is 3.64. The summed E-state index contributed by atoms with van der Waals surface area (Å²) in [4.78, 5) is 27.0. The van der Waals surface area contributed by atoms with Gasteiger partial charge in [0.1, 0.15) is 0 Å². The number of thioether (sulfide) groups is 1. The van der Waals surface area contributed by atoms with E-state index >= 15 is 0 Å². The lowest BCUT2D eigenvalue weighted by Crippen LogP contribution is -2.42. The first-order valence-electron chi connectivity index (χ1n) is 11.1. The number of benzene rings is 2. The van der Waals surface area contributed by atoms with Gasteiger partial charge in [-0.15, -0.1) is 10.2 Å². The number of likely N-dealkylation sites (tertiary alicyclic amines) is 1. The molecule has 1 aliphatic heterocycles. The Morgan fingerprint density at radius 3 is 2.45 bits per heavy atom. The molecule has 0 bridgehead atoms. The van der Waals surface area contributed by atoms with Gasteiger partial charge in [-0.25, -0.2) is 0 Å². The molecule has 0 radical (unpaired) electrons. The smallest absolute Gasteiger partial charge is 0.233 e. The third-order valence-corrected chi connectivity index (χ3v) is 7.56. The molecule has 1 aromatic heterocycles. The van der Waals surface area contributed by atoms with Gasteiger partial charge in [0.05, 0.1) is 5.75 Å². The number of hydrogen-bond donors (Lipinski definition) is 2. The Labute approximate surface area is 202 Å². The number of anilines is 3. The molecule has 0 atom stereocenters. The van der Waals surface area contributed by atoms with Gasteiger partial charge in [0.15, 0.2) is 4.34 Å². The predicted octanol–water partition coefficient (Wildman–Crippen LogP) is 4.81. The van der Waals surface area contributed by atoms with Crippen molar-refractivity contribution in [2.24, 2.45) is 5.92 Å². The van der Waals surface area contributed by atoms with Crippen LogP contribution >= 0.6 is 23.1 Å². The van der Waals surface area contributed by atoms with Crippen LogP contribution in [0.15, 0.2) is 58.9 Å². The minimum Gasteiger partial charge on any atom is -0.342 e. The summed E-state index contributed by atoms with van der Waals surface area (Å²) in [7, 11) is 0. The number of aryl methyl sites for hydroxylation is 1. The largest absolute Gasteiger partial charge is 0.342 e. The van der Waals surface area contributed by atoms with Gasteiger partial charge in [-0.05, 0) is 49.1 Å². The first-order valence-corrected chi connectivity index (χ1v) is 12.9. The SMILES string of the molecule is CCc1ccc(Nc2nnc(SCC(=O)N3CCC(C(=O)Nc4ccccc4)CC3)s2)cc1. The van der Waals surface area contributed by atoms with Crippen LogP contribution in [0.2, 0.25) is 0 Å². The van der Waals surface area contributed by atoms with Crippen molar-refractivity contribution in [2.75, 3.05) is 29.5 Å². The molecule has 0 unspecified atom stereocenters. The molecule has 172 valence electrons. The second-order valence-corrected chi connectivity index (χ2v) is 10.0. The summed E-state index contributed by atoms with van der Waals surface area (Å²) in [5.74, 6) is 0.355. The Bertz CT molecular complexity index is 1060. The second kappa shape index (κ2) is 11.3. The van der Waals surface area contributed by atoms with Crippen LogP contribution in [0.3, 0.4) is 0 Å². The van der Waals surface area contributed by atoms with Crippen molar-refractivity contribution in [3.63, 3.8) is 0 Å². The first kappa shape index (κ1) is 23.3. The fourth-order valence-corrected chi connectivity index (χ4v) is 5.31. The number of aromatic nitrogens is 2. The molecule has 1 aliphatic rings. The molecule has 0 saturated carbocycles. The van der Waals surface area contributed by atoms with Crippen molar-refractivity contribution in [1.82, 2.24) is 15.1 Å². The normalized spacial score (nSPS) is 14.2. The number of carbonyl (C=O) groups excluding carboxylic acids is 2. The van der Waals surface area contributed by atoms with Gasteiger partial charge in [0.2, 0.25) is 16.9 Å². The molecular weight excluding hydrogens is 454 g/mol. The minimum absolute atomic E-state index is 0.0286. The third kappa shape index (κ3) is 6.55. The highest BCUT2D eigenvalue weighted by Gasteiger charge is 2.27. The van der Waals surface area contributed by atoms with E-state index in [0.717, 1.165) is 22.1 Å². The maximum Gasteiger partial charge on any atom is 0.233 e. The van der Waals surface area contributed by atoms with Crippen LogP contribution in [-0.2, 0) is 16.0 Å². The summed E-state index contributed by atoms with van der Waals surface area (Å²) < 4.78 is 0.758. The van der Waals surface area contributed by atoms with Gasteiger partial charge in [-0.1, -0.05) is 60.4 Å². The number of nitrogens with one attached hydrogen (secondary N) is 2. The van der Waals surface area contributed by atoms with Crippen LogP contribution in [-0.4, -0.2) is 45.8 Å². The molecule has 3 aromatic rings. The number of amides is 2. The highest BCUT2D eigenvalue weighted by Crippen LogP contribution is 2.28. The summed E-state index contributed by atoms with van der Waals surface area (Å²) in [5.41, 5.74) is 3.06. The number of rotatable bonds is 8. The van der Waals surface area contributed by atoms with Crippen LogP contribution in [0.1, 0.15) is 25.3 Å². The van der Waals surface area contributed by atoms with E-state index < -0.39 is 0 Å². The quantitative estimate of drug-likeness (QED) is 0.449. The van der Waals surface area contributed by atoms with Crippen LogP contribution in [0.5, 0.6) is 0 Å². The van der Waals surface area contributed by atoms with E-state index in [-0.39, 0.29) is 17.7 Å². The molecule has 2 heterocycles. The van der Waals surface area contributed by atoms with Crippen LogP contribution in [0.4, 0.5) is 16.5 Å². The van der Waals surface area contributed by atoms with E-state index in [1.165, 1.54) is 28.7 Å². The Morgan fingerprint density at radius 2 is 1.76 bits per heavy atom. The summed E-state index contributed by atoms with van der Waals surface area (Å²) in [6, 6.07) is 17.7. The van der Waals surface area contributed by atoms with Crippen LogP contribution < -0.4 is 10.6 Å². The Balaban J connectivity index is 1.20. The van der Waals surface area contributed by atoms with Crippen LogP contribution in [0, 0.1) is 5.92 Å². The van der Waals surface area contributed by atoms with Gasteiger partial charge in [-0.2, -0.15) is 0 Å². The van der Waals surface area contributed by atoms with Gasteiger partial charge >= 0.3 is 0 Å². The lowest BCUT2D eigenvalue weighted by atomic mass is 9.96. The molecular formula is C24H27N5O2S2. The molecule has 1 fully saturated rings. The van der Waals surface area contributed by atoms with E-state index in [2.05, 4.69) is 39.9 Å². The molecule has 0 spiro atoms. The molecule has 9 heteroatoms. The van der Waals surface area contributed by atoms with Crippen molar-refractivity contribution in [3.8, 4) is 0 Å². The molecule has 33 heavy (non-hydrogen) atoms. The van der Waals surface area contributed by atoms with Crippen LogP contribution in [0.25, 0.3) is 0 Å². The highest BCUT2D eigenvalue weighted by atomic mass is 32.2. The minimum atomic E-state index is -0.0647. The topological polar surface area (TPSA) is 87.2 Å². The van der Waals surface area contributed by atoms with Crippen molar-refractivity contribution in [3.05, 3.63) is 60.2 Å². The molecule has 4 rings (SSSR count). The average molecular weight is 482 g/mol. The predicted molar refractivity (Wildman–Crippen MR) is 134 cm³/mol. The van der Waals surface area contributed by atoms with Crippen molar-refractivity contribution < 1.29 is 9.59 Å². The maximum absolute atomic E-state index is 12.6.